The average Bonchev–Trinajstić information content (AvgIpc) is 2.24. The molecule has 1 aromatic rings. The van der Waals surface area contributed by atoms with E-state index in [1.807, 2.05) is 26.0 Å². The molecule has 82 valence electrons. The lowest BCUT2D eigenvalue weighted by Crippen LogP contribution is -1.61. The Hall–Kier alpha value is -1.90. The van der Waals surface area contributed by atoms with Crippen LogP contribution in [0.2, 0.25) is 0 Å². The van der Waals surface area contributed by atoms with Gasteiger partial charge >= 0.3 is 0 Å². The minimum Gasteiger partial charge on any atom is -0.508 e. The highest BCUT2D eigenvalue weighted by atomic mass is 16.5. The zero-order chi connectivity index (χ0) is 11.5. The van der Waals surface area contributed by atoms with Crippen molar-refractivity contribution in [1.82, 2.24) is 0 Å². The van der Waals surface area contributed by atoms with Gasteiger partial charge < -0.3 is 14.9 Å². The van der Waals surface area contributed by atoms with Gasteiger partial charge in [-0.05, 0) is 38.1 Å². The van der Waals surface area contributed by atoms with Gasteiger partial charge in [0.25, 0.3) is 0 Å². The predicted molar refractivity (Wildman–Crippen MR) is 60.5 cm³/mol. The Morgan fingerprint density at radius 3 is 1.47 bits per heavy atom. The highest BCUT2D eigenvalue weighted by Gasteiger charge is 1.84. The average molecular weight is 208 g/mol. The molecule has 0 heterocycles. The number of hydrogen-bond donors (Lipinski definition) is 2. The maximum atomic E-state index is 8.65. The van der Waals surface area contributed by atoms with Gasteiger partial charge in [-0.3, -0.25) is 0 Å². The Bertz CT molecular complexity index is 268. The molecule has 0 aliphatic rings. The van der Waals surface area contributed by atoms with Crippen LogP contribution in [0.3, 0.4) is 0 Å². The fourth-order valence-corrected chi connectivity index (χ4v) is 0.655. The lowest BCUT2D eigenvalue weighted by Gasteiger charge is -1.88. The summed E-state index contributed by atoms with van der Waals surface area (Å²) < 4.78 is 4.77. The van der Waals surface area contributed by atoms with Gasteiger partial charge in [-0.2, -0.15) is 0 Å². The Morgan fingerprint density at radius 1 is 0.867 bits per heavy atom. The summed E-state index contributed by atoms with van der Waals surface area (Å²) in [5.41, 5.74) is 0. The van der Waals surface area contributed by atoms with Gasteiger partial charge in [0.1, 0.15) is 11.5 Å². The summed E-state index contributed by atoms with van der Waals surface area (Å²) in [5.74, 6) is 0.339. The van der Waals surface area contributed by atoms with Crippen LogP contribution < -0.4 is 0 Å². The molecule has 0 aliphatic heterocycles. The van der Waals surface area contributed by atoms with Gasteiger partial charge in [0.05, 0.1) is 12.5 Å². The number of benzene rings is 1. The van der Waals surface area contributed by atoms with E-state index in [1.165, 1.54) is 24.3 Å². The zero-order valence-corrected chi connectivity index (χ0v) is 8.92. The largest absolute Gasteiger partial charge is 0.508 e. The number of phenols is 2. The fraction of sp³-hybridized carbons (Fsp3) is 0.167. The number of aromatic hydroxyl groups is 2. The van der Waals surface area contributed by atoms with Crippen molar-refractivity contribution in [2.45, 2.75) is 13.8 Å². The van der Waals surface area contributed by atoms with Crippen molar-refractivity contribution in [2.75, 3.05) is 0 Å². The second kappa shape index (κ2) is 8.69. The highest BCUT2D eigenvalue weighted by Crippen LogP contribution is 2.13. The quantitative estimate of drug-likeness (QED) is 0.579. The molecule has 0 aliphatic carbocycles. The monoisotopic (exact) mass is 208 g/mol. The minimum atomic E-state index is 0.169. The van der Waals surface area contributed by atoms with Crippen LogP contribution in [-0.4, -0.2) is 10.2 Å². The molecule has 0 radical (unpaired) electrons. The van der Waals surface area contributed by atoms with Gasteiger partial charge in [0.15, 0.2) is 0 Å². The molecule has 0 saturated carbocycles. The van der Waals surface area contributed by atoms with Crippen molar-refractivity contribution in [3.63, 3.8) is 0 Å². The van der Waals surface area contributed by atoms with E-state index in [-0.39, 0.29) is 11.5 Å². The molecule has 0 amide bonds. The molecule has 0 fully saturated rings. The molecule has 0 bridgehead atoms. The molecule has 0 spiro atoms. The van der Waals surface area contributed by atoms with Crippen LogP contribution in [0.1, 0.15) is 13.8 Å². The van der Waals surface area contributed by atoms with Gasteiger partial charge in [-0.15, -0.1) is 0 Å². The highest BCUT2D eigenvalue weighted by molar-refractivity contribution is 5.28. The summed E-state index contributed by atoms with van der Waals surface area (Å²) in [7, 11) is 0. The van der Waals surface area contributed by atoms with Crippen molar-refractivity contribution in [1.29, 1.82) is 0 Å². The van der Waals surface area contributed by atoms with Crippen LogP contribution in [0, 0.1) is 0 Å². The molecule has 15 heavy (non-hydrogen) atoms. The molecule has 3 heteroatoms. The molecule has 1 rings (SSSR count). The molecular weight excluding hydrogens is 192 g/mol. The van der Waals surface area contributed by atoms with Crippen LogP contribution in [0.25, 0.3) is 0 Å². The first-order chi connectivity index (χ1) is 7.20. The van der Waals surface area contributed by atoms with E-state index in [9.17, 15) is 0 Å². The molecule has 2 N–H and O–H groups in total. The Morgan fingerprint density at radius 2 is 1.20 bits per heavy atom. The van der Waals surface area contributed by atoms with Crippen molar-refractivity contribution >= 4 is 0 Å². The van der Waals surface area contributed by atoms with E-state index in [2.05, 4.69) is 0 Å². The van der Waals surface area contributed by atoms with Crippen molar-refractivity contribution in [3.05, 3.63) is 48.9 Å². The molecule has 0 aromatic heterocycles. The molecule has 0 unspecified atom stereocenters. The minimum absolute atomic E-state index is 0.169. The van der Waals surface area contributed by atoms with Gasteiger partial charge in [0.2, 0.25) is 0 Å². The first kappa shape index (κ1) is 13.1. The summed E-state index contributed by atoms with van der Waals surface area (Å²) in [5, 5.41) is 17.3. The Labute approximate surface area is 89.9 Å². The first-order valence-corrected chi connectivity index (χ1v) is 4.56. The van der Waals surface area contributed by atoms with Crippen molar-refractivity contribution in [2.24, 2.45) is 0 Å². The van der Waals surface area contributed by atoms with E-state index >= 15 is 0 Å². The van der Waals surface area contributed by atoms with E-state index < -0.39 is 0 Å². The zero-order valence-electron chi connectivity index (χ0n) is 8.92. The lowest BCUT2D eigenvalue weighted by molar-refractivity contribution is 0.401. The number of ether oxygens (including phenoxy) is 1. The van der Waals surface area contributed by atoms with Crippen LogP contribution in [0.5, 0.6) is 11.5 Å². The number of allylic oxidation sites excluding steroid dienone is 2. The summed E-state index contributed by atoms with van der Waals surface area (Å²) in [4.78, 5) is 0. The molecule has 1 aromatic carbocycles. The van der Waals surface area contributed by atoms with Crippen molar-refractivity contribution < 1.29 is 14.9 Å². The van der Waals surface area contributed by atoms with E-state index in [0.717, 1.165) is 0 Å². The third-order valence-corrected chi connectivity index (χ3v) is 1.28. The molecular formula is C12H16O3. The van der Waals surface area contributed by atoms with E-state index in [0.29, 0.717) is 0 Å². The first-order valence-electron chi connectivity index (χ1n) is 4.56. The van der Waals surface area contributed by atoms with Crippen molar-refractivity contribution in [3.8, 4) is 11.5 Å². The molecule has 3 nitrogen and oxygen atoms in total. The normalized spacial score (nSPS) is 10.0. The van der Waals surface area contributed by atoms with E-state index in [1.54, 1.807) is 12.5 Å². The summed E-state index contributed by atoms with van der Waals surface area (Å²) in [6, 6.07) is 5.70. The topological polar surface area (TPSA) is 49.7 Å². The van der Waals surface area contributed by atoms with Crippen LogP contribution in [0.15, 0.2) is 48.9 Å². The standard InChI is InChI=1S/C6H6O2.C6H10O/c7-5-1-2-6(8)4-3-5;1-3-5-7-6-4-2/h1-4,7-8H;3-6H,1-2H3/b;5-3-,6-4-. The third-order valence-electron chi connectivity index (χ3n) is 1.28. The fourth-order valence-electron chi connectivity index (χ4n) is 0.655. The summed E-state index contributed by atoms with van der Waals surface area (Å²) in [6.07, 6.45) is 6.92. The lowest BCUT2D eigenvalue weighted by atomic mass is 10.3. The van der Waals surface area contributed by atoms with Gasteiger partial charge in [-0.25, -0.2) is 0 Å². The van der Waals surface area contributed by atoms with E-state index in [4.69, 9.17) is 14.9 Å². The SMILES string of the molecule is C/C=C\O/C=C\C.Oc1ccc(O)cc1. The third kappa shape index (κ3) is 8.43. The van der Waals surface area contributed by atoms with Crippen LogP contribution >= 0.6 is 0 Å². The van der Waals surface area contributed by atoms with Gasteiger partial charge in [0, 0.05) is 0 Å². The predicted octanol–water partition coefficient (Wildman–Crippen LogP) is 3.17. The molecule has 0 saturated heterocycles. The smallest absolute Gasteiger partial charge is 0.115 e. The number of hydrogen-bond acceptors (Lipinski definition) is 3. The number of phenolic OH excluding ortho intramolecular Hbond substituents is 2. The molecule has 0 atom stereocenters. The van der Waals surface area contributed by atoms with Gasteiger partial charge in [-0.1, -0.05) is 12.2 Å². The second-order valence-corrected chi connectivity index (χ2v) is 2.59. The number of rotatable bonds is 2. The van der Waals surface area contributed by atoms with Crippen LogP contribution in [0.4, 0.5) is 0 Å². The second-order valence-electron chi connectivity index (χ2n) is 2.59. The maximum Gasteiger partial charge on any atom is 0.115 e. The Balaban J connectivity index is 0.000000265. The Kier molecular flexibility index (Phi) is 7.59. The summed E-state index contributed by atoms with van der Waals surface area (Å²) >= 11 is 0. The maximum absolute atomic E-state index is 8.65. The van der Waals surface area contributed by atoms with Crippen LogP contribution in [-0.2, 0) is 4.74 Å². The summed E-state index contributed by atoms with van der Waals surface area (Å²) in [6.45, 7) is 3.81.